The molecule has 0 spiro atoms. The van der Waals surface area contributed by atoms with Gasteiger partial charge in [-0.1, -0.05) is 77.0 Å². The Morgan fingerprint density at radius 3 is 1.50 bits per heavy atom. The number of hydrogen-bond acceptors (Lipinski definition) is 3. The van der Waals surface area contributed by atoms with Crippen LogP contribution < -0.4 is 0 Å². The van der Waals surface area contributed by atoms with Gasteiger partial charge in [0.15, 0.2) is 0 Å². The number of rotatable bonds is 16. The predicted octanol–water partition coefficient (Wildman–Crippen LogP) is 5.39. The topological polar surface area (TPSA) is 46.5 Å². The van der Waals surface area contributed by atoms with Gasteiger partial charge in [0.25, 0.3) is 0 Å². The highest BCUT2D eigenvalue weighted by molar-refractivity contribution is 5.68. The third-order valence-corrected chi connectivity index (χ3v) is 4.23. The van der Waals surface area contributed by atoms with Crippen molar-refractivity contribution in [1.29, 1.82) is 0 Å². The summed E-state index contributed by atoms with van der Waals surface area (Å²) in [5.41, 5.74) is 0. The van der Waals surface area contributed by atoms with Crippen LogP contribution in [0, 0.1) is 0 Å². The first kappa shape index (κ1) is 21.4. The molecule has 0 saturated carbocycles. The van der Waals surface area contributed by atoms with Crippen molar-refractivity contribution in [2.75, 3.05) is 7.11 Å². The van der Waals surface area contributed by atoms with Gasteiger partial charge in [0, 0.05) is 6.42 Å². The van der Waals surface area contributed by atoms with Crippen molar-refractivity contribution in [1.82, 2.24) is 0 Å². The molecule has 0 aliphatic heterocycles. The zero-order chi connectivity index (χ0) is 16.5. The number of aliphatic hydroxyl groups is 1. The molecule has 132 valence electrons. The van der Waals surface area contributed by atoms with Crippen LogP contribution in [0.25, 0.3) is 0 Å². The summed E-state index contributed by atoms with van der Waals surface area (Å²) in [6.45, 7) is 1.87. The Kier molecular flexibility index (Phi) is 16.4. The third-order valence-electron chi connectivity index (χ3n) is 4.23. The van der Waals surface area contributed by atoms with Crippen LogP contribution in [0.15, 0.2) is 0 Å². The minimum absolute atomic E-state index is 0.0779. The summed E-state index contributed by atoms with van der Waals surface area (Å²) in [5.74, 6) is -0.0779. The molecule has 0 amide bonds. The fourth-order valence-electron chi connectivity index (χ4n) is 2.76. The van der Waals surface area contributed by atoms with E-state index in [0.29, 0.717) is 6.42 Å². The summed E-state index contributed by atoms with van der Waals surface area (Å²) in [7, 11) is 1.46. The number of carbonyl (C=O) groups is 1. The van der Waals surface area contributed by atoms with Crippen LogP contribution in [0.1, 0.15) is 103 Å². The molecule has 1 unspecified atom stereocenters. The van der Waals surface area contributed by atoms with Crippen molar-refractivity contribution in [3.05, 3.63) is 0 Å². The van der Waals surface area contributed by atoms with Crippen molar-refractivity contribution in [2.45, 2.75) is 109 Å². The Bertz CT molecular complexity index is 239. The van der Waals surface area contributed by atoms with Crippen molar-refractivity contribution >= 4 is 5.97 Å². The molecule has 0 aromatic carbocycles. The summed E-state index contributed by atoms with van der Waals surface area (Å²) in [6.07, 6.45) is 18.0. The van der Waals surface area contributed by atoms with Crippen molar-refractivity contribution in [3.63, 3.8) is 0 Å². The maximum atomic E-state index is 10.9. The molecule has 0 aliphatic carbocycles. The first-order valence-electron chi connectivity index (χ1n) is 9.41. The molecule has 0 saturated heterocycles. The molecule has 3 nitrogen and oxygen atoms in total. The molecule has 0 fully saturated rings. The van der Waals surface area contributed by atoms with E-state index in [0.717, 1.165) is 19.3 Å². The highest BCUT2D eigenvalue weighted by atomic mass is 16.5. The van der Waals surface area contributed by atoms with Crippen molar-refractivity contribution < 1.29 is 14.6 Å². The molecule has 0 bridgehead atoms. The number of ether oxygens (including phenoxy) is 1. The SMILES string of the molecule is COC(=O)CCCCCCCCCCCCCCCC(C)O. The molecule has 0 aromatic rings. The maximum absolute atomic E-state index is 10.9. The second-order valence-electron chi connectivity index (χ2n) is 6.56. The first-order chi connectivity index (χ1) is 10.7. The van der Waals surface area contributed by atoms with Crippen LogP contribution in [-0.4, -0.2) is 24.3 Å². The lowest BCUT2D eigenvalue weighted by Crippen LogP contribution is -1.99. The molecule has 22 heavy (non-hydrogen) atoms. The van der Waals surface area contributed by atoms with Crippen LogP contribution in [-0.2, 0) is 9.53 Å². The van der Waals surface area contributed by atoms with E-state index in [9.17, 15) is 4.79 Å². The van der Waals surface area contributed by atoms with Crippen molar-refractivity contribution in [3.8, 4) is 0 Å². The standard InChI is InChI=1S/C19H38O3/c1-18(20)16-14-12-10-8-6-4-3-5-7-9-11-13-15-17-19(21)22-2/h18,20H,3-17H2,1-2H3. The molecular formula is C19H38O3. The van der Waals surface area contributed by atoms with E-state index in [-0.39, 0.29) is 12.1 Å². The van der Waals surface area contributed by atoms with Gasteiger partial charge < -0.3 is 9.84 Å². The summed E-state index contributed by atoms with van der Waals surface area (Å²) in [5, 5.41) is 9.16. The van der Waals surface area contributed by atoms with Gasteiger partial charge in [-0.05, 0) is 19.8 Å². The largest absolute Gasteiger partial charge is 0.469 e. The second-order valence-corrected chi connectivity index (χ2v) is 6.56. The van der Waals surface area contributed by atoms with Gasteiger partial charge in [-0.25, -0.2) is 0 Å². The molecule has 0 radical (unpaired) electrons. The zero-order valence-electron chi connectivity index (χ0n) is 14.9. The number of methoxy groups -OCH3 is 1. The number of carbonyl (C=O) groups excluding carboxylic acids is 1. The number of esters is 1. The smallest absolute Gasteiger partial charge is 0.305 e. The average molecular weight is 315 g/mol. The van der Waals surface area contributed by atoms with Gasteiger partial charge in [-0.15, -0.1) is 0 Å². The molecule has 3 heteroatoms. The number of aliphatic hydroxyl groups excluding tert-OH is 1. The van der Waals surface area contributed by atoms with E-state index in [4.69, 9.17) is 5.11 Å². The lowest BCUT2D eigenvalue weighted by molar-refractivity contribution is -0.140. The summed E-state index contributed by atoms with van der Waals surface area (Å²) in [6, 6.07) is 0. The summed E-state index contributed by atoms with van der Waals surface area (Å²) >= 11 is 0. The van der Waals surface area contributed by atoms with Gasteiger partial charge in [0.1, 0.15) is 0 Å². The molecule has 0 heterocycles. The monoisotopic (exact) mass is 314 g/mol. The lowest BCUT2D eigenvalue weighted by atomic mass is 10.0. The number of unbranched alkanes of at least 4 members (excludes halogenated alkanes) is 12. The van der Waals surface area contributed by atoms with Crippen LogP contribution in [0.3, 0.4) is 0 Å². The zero-order valence-corrected chi connectivity index (χ0v) is 14.9. The summed E-state index contributed by atoms with van der Waals surface area (Å²) < 4.78 is 4.62. The summed E-state index contributed by atoms with van der Waals surface area (Å²) in [4.78, 5) is 10.9. The van der Waals surface area contributed by atoms with Crippen LogP contribution in [0.5, 0.6) is 0 Å². The lowest BCUT2D eigenvalue weighted by Gasteiger charge is -2.04. The Labute approximate surface area is 137 Å². The van der Waals surface area contributed by atoms with Gasteiger partial charge in [-0.2, -0.15) is 0 Å². The second kappa shape index (κ2) is 16.8. The molecule has 0 aromatic heterocycles. The van der Waals surface area contributed by atoms with E-state index in [1.165, 1.54) is 77.7 Å². The quantitative estimate of drug-likeness (QED) is 0.307. The van der Waals surface area contributed by atoms with E-state index < -0.39 is 0 Å². The normalized spacial score (nSPS) is 12.3. The van der Waals surface area contributed by atoms with E-state index in [1.54, 1.807) is 0 Å². The van der Waals surface area contributed by atoms with Crippen molar-refractivity contribution in [2.24, 2.45) is 0 Å². The molecule has 0 aliphatic rings. The fourth-order valence-corrected chi connectivity index (χ4v) is 2.76. The number of hydrogen-bond donors (Lipinski definition) is 1. The van der Waals surface area contributed by atoms with Gasteiger partial charge in [-0.3, -0.25) is 4.79 Å². The fraction of sp³-hybridized carbons (Fsp3) is 0.947. The molecule has 1 N–H and O–H groups in total. The van der Waals surface area contributed by atoms with Crippen LogP contribution >= 0.6 is 0 Å². The highest BCUT2D eigenvalue weighted by Gasteiger charge is 1.99. The first-order valence-corrected chi connectivity index (χ1v) is 9.41. The average Bonchev–Trinajstić information content (AvgIpc) is 2.50. The minimum atomic E-state index is -0.125. The maximum Gasteiger partial charge on any atom is 0.305 e. The van der Waals surface area contributed by atoms with E-state index >= 15 is 0 Å². The Morgan fingerprint density at radius 2 is 1.14 bits per heavy atom. The molecule has 0 rings (SSSR count). The van der Waals surface area contributed by atoms with E-state index in [2.05, 4.69) is 4.74 Å². The van der Waals surface area contributed by atoms with Gasteiger partial charge in [0.2, 0.25) is 0 Å². The minimum Gasteiger partial charge on any atom is -0.469 e. The Hall–Kier alpha value is -0.570. The molecule has 1 atom stereocenters. The molecular weight excluding hydrogens is 276 g/mol. The van der Waals surface area contributed by atoms with Crippen LogP contribution in [0.4, 0.5) is 0 Å². The Morgan fingerprint density at radius 1 is 0.773 bits per heavy atom. The Balaban J connectivity index is 3.01. The predicted molar refractivity (Wildman–Crippen MR) is 93.0 cm³/mol. The third kappa shape index (κ3) is 17.5. The van der Waals surface area contributed by atoms with Gasteiger partial charge in [0.05, 0.1) is 13.2 Å². The van der Waals surface area contributed by atoms with Gasteiger partial charge >= 0.3 is 5.97 Å². The highest BCUT2D eigenvalue weighted by Crippen LogP contribution is 2.13. The van der Waals surface area contributed by atoms with E-state index in [1.807, 2.05) is 6.92 Å². The van der Waals surface area contributed by atoms with Crippen LogP contribution in [0.2, 0.25) is 0 Å².